The molecular weight excluding hydrogens is 445 g/mol. The van der Waals surface area contributed by atoms with Crippen LogP contribution in [-0.4, -0.2) is 22.0 Å². The highest BCUT2D eigenvalue weighted by molar-refractivity contribution is 6.46. The van der Waals surface area contributed by atoms with Crippen LogP contribution in [0.15, 0.2) is 45.9 Å². The van der Waals surface area contributed by atoms with Crippen molar-refractivity contribution in [3.05, 3.63) is 73.2 Å². The molecule has 2 heterocycles. The highest BCUT2D eigenvalue weighted by atomic mass is 35.5. The number of carbonyl (C=O) groups excluding carboxylic acids is 1. The molecule has 0 saturated carbocycles. The average molecular weight is 455 g/mol. The van der Waals surface area contributed by atoms with Crippen LogP contribution in [0.5, 0.6) is 0 Å². The van der Waals surface area contributed by atoms with Gasteiger partial charge >= 0.3 is 0 Å². The van der Waals surface area contributed by atoms with Crippen LogP contribution in [0.3, 0.4) is 0 Å². The summed E-state index contributed by atoms with van der Waals surface area (Å²) in [6.07, 6.45) is 1.25. The number of furan rings is 1. The van der Waals surface area contributed by atoms with Gasteiger partial charge in [-0.05, 0) is 24.3 Å². The molecule has 12 heteroatoms. The summed E-state index contributed by atoms with van der Waals surface area (Å²) in [5.74, 6) is 0.0414. The van der Waals surface area contributed by atoms with Crippen molar-refractivity contribution in [2.24, 2.45) is 5.10 Å². The second kappa shape index (κ2) is 8.48. The van der Waals surface area contributed by atoms with Gasteiger partial charge in [-0.25, -0.2) is 10.4 Å². The summed E-state index contributed by atoms with van der Waals surface area (Å²) in [7, 11) is 0. The van der Waals surface area contributed by atoms with E-state index in [1.54, 1.807) is 24.3 Å². The predicted molar refractivity (Wildman–Crippen MR) is 110 cm³/mol. The number of pyridine rings is 1. The van der Waals surface area contributed by atoms with Crippen molar-refractivity contribution < 1.29 is 14.1 Å². The van der Waals surface area contributed by atoms with Crippen LogP contribution in [0, 0.1) is 10.1 Å². The van der Waals surface area contributed by atoms with Gasteiger partial charge in [0.15, 0.2) is 10.8 Å². The van der Waals surface area contributed by atoms with Gasteiger partial charge in [0.1, 0.15) is 16.5 Å². The lowest BCUT2D eigenvalue weighted by Crippen LogP contribution is -2.20. The minimum absolute atomic E-state index is 0.0278. The van der Waals surface area contributed by atoms with Gasteiger partial charge in [-0.3, -0.25) is 14.9 Å². The van der Waals surface area contributed by atoms with E-state index in [-0.39, 0.29) is 32.3 Å². The topological polar surface area (TPSA) is 137 Å². The number of nitrogens with one attached hydrogen (secondary N) is 1. The van der Waals surface area contributed by atoms with Gasteiger partial charge in [0.05, 0.1) is 21.8 Å². The Morgan fingerprint density at radius 3 is 2.52 bits per heavy atom. The number of nitro benzene ring substituents is 1. The number of nitrogens with two attached hydrogens (primary N) is 1. The number of aromatic nitrogens is 1. The van der Waals surface area contributed by atoms with Crippen molar-refractivity contribution in [3.63, 3.8) is 0 Å². The fraction of sp³-hybridized carbons (Fsp3) is 0. The number of halogens is 3. The van der Waals surface area contributed by atoms with Crippen molar-refractivity contribution >= 4 is 58.3 Å². The number of nitrogen functional groups attached to an aromatic ring is 1. The smallest absolute Gasteiger partial charge is 0.291 e. The quantitative estimate of drug-likeness (QED) is 0.251. The normalized spacial score (nSPS) is 11.0. The van der Waals surface area contributed by atoms with Gasteiger partial charge in [-0.1, -0.05) is 34.8 Å². The van der Waals surface area contributed by atoms with Crippen molar-refractivity contribution in [2.75, 3.05) is 5.73 Å². The van der Waals surface area contributed by atoms with Crippen LogP contribution in [0.4, 0.5) is 11.4 Å². The first-order valence-electron chi connectivity index (χ1n) is 7.76. The number of benzene rings is 1. The van der Waals surface area contributed by atoms with E-state index in [0.717, 1.165) is 0 Å². The van der Waals surface area contributed by atoms with E-state index in [4.69, 9.17) is 45.0 Å². The molecule has 1 aromatic carbocycles. The van der Waals surface area contributed by atoms with Crippen LogP contribution in [-0.2, 0) is 0 Å². The number of anilines is 1. The minimum Gasteiger partial charge on any atom is -0.455 e. The van der Waals surface area contributed by atoms with Gasteiger partial charge in [-0.2, -0.15) is 5.10 Å². The Morgan fingerprint density at radius 2 is 1.86 bits per heavy atom. The van der Waals surface area contributed by atoms with Crippen molar-refractivity contribution in [1.29, 1.82) is 0 Å². The first-order chi connectivity index (χ1) is 13.8. The molecule has 0 radical (unpaired) electrons. The van der Waals surface area contributed by atoms with E-state index in [2.05, 4.69) is 15.5 Å². The van der Waals surface area contributed by atoms with Crippen molar-refractivity contribution in [1.82, 2.24) is 10.4 Å². The van der Waals surface area contributed by atoms with Gasteiger partial charge < -0.3 is 10.2 Å². The van der Waals surface area contributed by atoms with Crippen LogP contribution >= 0.6 is 34.8 Å². The second-order valence-corrected chi connectivity index (χ2v) is 6.61. The van der Waals surface area contributed by atoms with E-state index in [9.17, 15) is 14.9 Å². The maximum Gasteiger partial charge on any atom is 0.291 e. The number of non-ortho nitro benzene ring substituents is 1. The number of hydrazone groups is 1. The fourth-order valence-electron chi connectivity index (χ4n) is 2.21. The Morgan fingerprint density at radius 1 is 1.17 bits per heavy atom. The Balaban J connectivity index is 1.70. The van der Waals surface area contributed by atoms with Crippen LogP contribution in [0.1, 0.15) is 16.2 Å². The minimum atomic E-state index is -0.751. The van der Waals surface area contributed by atoms with Gasteiger partial charge in [0.2, 0.25) is 0 Å². The number of hydrogen-bond acceptors (Lipinski definition) is 7. The number of rotatable bonds is 5. The molecular formula is C17H10Cl3N5O4. The SMILES string of the molecule is Nc1c(Cl)c(Cl)nc(C(=O)N/N=C/c2ccc(-c3ccc([N+](=O)[O-])cc3)o2)c1Cl. The summed E-state index contributed by atoms with van der Waals surface area (Å²) in [6, 6.07) is 9.11. The Bertz CT molecular complexity index is 1130. The number of amides is 1. The maximum absolute atomic E-state index is 12.2. The molecule has 2 aromatic heterocycles. The molecule has 0 aliphatic carbocycles. The monoisotopic (exact) mass is 453 g/mol. The molecule has 3 N–H and O–H groups in total. The average Bonchev–Trinajstić information content (AvgIpc) is 3.18. The number of nitro groups is 1. The summed E-state index contributed by atoms with van der Waals surface area (Å²) in [5, 5.41) is 14.1. The number of hydrogen-bond donors (Lipinski definition) is 2. The van der Waals surface area contributed by atoms with E-state index < -0.39 is 10.8 Å². The van der Waals surface area contributed by atoms with E-state index in [1.807, 2.05) is 0 Å². The lowest BCUT2D eigenvalue weighted by molar-refractivity contribution is -0.384. The first kappa shape index (κ1) is 20.6. The van der Waals surface area contributed by atoms with Crippen molar-refractivity contribution in [3.8, 4) is 11.3 Å². The molecule has 0 atom stereocenters. The highest BCUT2D eigenvalue weighted by Crippen LogP contribution is 2.34. The maximum atomic E-state index is 12.2. The molecule has 0 saturated heterocycles. The van der Waals surface area contributed by atoms with Crippen LogP contribution < -0.4 is 11.2 Å². The molecule has 0 aliphatic rings. The van der Waals surface area contributed by atoms with Crippen LogP contribution in [0.25, 0.3) is 11.3 Å². The van der Waals surface area contributed by atoms with Crippen LogP contribution in [0.2, 0.25) is 15.2 Å². The van der Waals surface area contributed by atoms with Gasteiger partial charge in [0, 0.05) is 17.7 Å². The first-order valence-corrected chi connectivity index (χ1v) is 8.89. The molecule has 0 fully saturated rings. The third-order valence-corrected chi connectivity index (χ3v) is 4.77. The number of carbonyl (C=O) groups is 1. The summed E-state index contributed by atoms with van der Waals surface area (Å²) >= 11 is 17.6. The Kier molecular flexibility index (Phi) is 6.02. The molecule has 1 amide bonds. The fourth-order valence-corrected chi connectivity index (χ4v) is 2.81. The molecule has 3 aromatic rings. The molecule has 3 rings (SSSR count). The molecule has 9 nitrogen and oxygen atoms in total. The molecule has 0 spiro atoms. The molecule has 0 bridgehead atoms. The Labute approximate surface area is 178 Å². The van der Waals surface area contributed by atoms with Gasteiger partial charge in [0.25, 0.3) is 11.6 Å². The zero-order chi connectivity index (χ0) is 21.1. The second-order valence-electron chi connectivity index (χ2n) is 5.50. The predicted octanol–water partition coefficient (Wildman–Crippen LogP) is 4.56. The van der Waals surface area contributed by atoms with Gasteiger partial charge in [-0.15, -0.1) is 0 Å². The summed E-state index contributed by atoms with van der Waals surface area (Å²) in [6.45, 7) is 0. The summed E-state index contributed by atoms with van der Waals surface area (Å²) in [4.78, 5) is 26.2. The number of nitrogens with zero attached hydrogens (tertiary/aromatic N) is 3. The zero-order valence-electron chi connectivity index (χ0n) is 14.2. The molecule has 0 unspecified atom stereocenters. The highest BCUT2D eigenvalue weighted by Gasteiger charge is 2.19. The van der Waals surface area contributed by atoms with E-state index in [1.165, 1.54) is 18.3 Å². The summed E-state index contributed by atoms with van der Waals surface area (Å²) < 4.78 is 5.56. The van der Waals surface area contributed by atoms with E-state index >= 15 is 0 Å². The molecule has 148 valence electrons. The van der Waals surface area contributed by atoms with E-state index in [0.29, 0.717) is 17.1 Å². The third kappa shape index (κ3) is 4.48. The largest absolute Gasteiger partial charge is 0.455 e. The Hall–Kier alpha value is -3.14. The van der Waals surface area contributed by atoms with Crippen molar-refractivity contribution in [2.45, 2.75) is 0 Å². The third-order valence-electron chi connectivity index (χ3n) is 3.63. The molecule has 29 heavy (non-hydrogen) atoms. The lowest BCUT2D eigenvalue weighted by atomic mass is 10.1. The summed E-state index contributed by atoms with van der Waals surface area (Å²) in [5.41, 5.74) is 8.20. The molecule has 0 aliphatic heterocycles. The standard InChI is InChI=1S/C17H10Cl3N5O4/c18-12-14(21)13(19)16(20)23-15(12)17(26)24-22-7-10-5-6-11(29-10)8-1-3-9(4-2-8)25(27)28/h1-7H,(H2,21,23)(H,24,26)/b22-7+. The zero-order valence-corrected chi connectivity index (χ0v) is 16.5. The lowest BCUT2D eigenvalue weighted by Gasteiger charge is -2.07.